The van der Waals surface area contributed by atoms with Crippen molar-refractivity contribution in [1.29, 1.82) is 0 Å². The van der Waals surface area contributed by atoms with E-state index in [-0.39, 0.29) is 11.3 Å². The van der Waals surface area contributed by atoms with Gasteiger partial charge in [-0.15, -0.1) is 0 Å². The number of amides is 1. The average Bonchev–Trinajstić information content (AvgIpc) is 2.40. The van der Waals surface area contributed by atoms with Gasteiger partial charge in [0, 0.05) is 11.8 Å². The Morgan fingerprint density at radius 3 is 2.60 bits per heavy atom. The molecule has 0 saturated carbocycles. The Labute approximate surface area is 115 Å². The van der Waals surface area contributed by atoms with Crippen LogP contribution in [0.15, 0.2) is 36.5 Å². The molecule has 0 aliphatic rings. The standard InChI is InChI=1S/C14H13N3O3/c1-9-6-7-12(15-8-9)16-14(18)11-5-3-4-10(2)13(11)17(19)20/h3-8H,1-2H3,(H,15,16,18). The Morgan fingerprint density at radius 1 is 1.25 bits per heavy atom. The fourth-order valence-electron chi connectivity index (χ4n) is 1.81. The number of rotatable bonds is 3. The normalized spacial score (nSPS) is 10.1. The number of aromatic nitrogens is 1. The van der Waals surface area contributed by atoms with E-state index in [1.165, 1.54) is 6.07 Å². The molecule has 0 fully saturated rings. The van der Waals surface area contributed by atoms with Gasteiger partial charge in [-0.2, -0.15) is 0 Å². The molecule has 0 saturated heterocycles. The minimum atomic E-state index is -0.549. The summed E-state index contributed by atoms with van der Waals surface area (Å²) >= 11 is 0. The van der Waals surface area contributed by atoms with E-state index in [0.717, 1.165) is 5.56 Å². The number of carbonyl (C=O) groups is 1. The smallest absolute Gasteiger partial charge is 0.285 e. The molecule has 0 radical (unpaired) electrons. The first-order valence-electron chi connectivity index (χ1n) is 5.97. The molecule has 2 rings (SSSR count). The van der Waals surface area contributed by atoms with Crippen molar-refractivity contribution in [3.05, 3.63) is 63.3 Å². The van der Waals surface area contributed by atoms with Crippen LogP contribution in [0.4, 0.5) is 11.5 Å². The van der Waals surface area contributed by atoms with Gasteiger partial charge in [-0.3, -0.25) is 14.9 Å². The minimum absolute atomic E-state index is 0.0253. The van der Waals surface area contributed by atoms with Gasteiger partial charge in [0.15, 0.2) is 0 Å². The first-order valence-corrected chi connectivity index (χ1v) is 5.97. The van der Waals surface area contributed by atoms with Gasteiger partial charge in [0.2, 0.25) is 0 Å². The fraction of sp³-hybridized carbons (Fsp3) is 0.143. The molecule has 2 aromatic rings. The molecule has 20 heavy (non-hydrogen) atoms. The molecular formula is C14H13N3O3. The lowest BCUT2D eigenvalue weighted by molar-refractivity contribution is -0.385. The zero-order valence-electron chi connectivity index (χ0n) is 11.1. The SMILES string of the molecule is Cc1ccc(NC(=O)c2cccc(C)c2[N+](=O)[O-])nc1. The maximum absolute atomic E-state index is 12.1. The maximum atomic E-state index is 12.1. The molecule has 0 unspecified atom stereocenters. The Bertz CT molecular complexity index is 666. The molecule has 0 bridgehead atoms. The lowest BCUT2D eigenvalue weighted by Gasteiger charge is -2.06. The van der Waals surface area contributed by atoms with Crippen molar-refractivity contribution in [2.24, 2.45) is 0 Å². The Kier molecular flexibility index (Phi) is 3.74. The molecule has 0 atom stereocenters. The maximum Gasteiger partial charge on any atom is 0.285 e. The van der Waals surface area contributed by atoms with Crippen LogP contribution in [-0.4, -0.2) is 15.8 Å². The molecule has 1 amide bonds. The van der Waals surface area contributed by atoms with Crippen LogP contribution in [0.5, 0.6) is 0 Å². The van der Waals surface area contributed by atoms with E-state index >= 15 is 0 Å². The van der Waals surface area contributed by atoms with Crippen molar-refractivity contribution in [2.75, 3.05) is 5.32 Å². The molecule has 102 valence electrons. The summed E-state index contributed by atoms with van der Waals surface area (Å²) in [4.78, 5) is 26.7. The first kappa shape index (κ1) is 13.7. The summed E-state index contributed by atoms with van der Waals surface area (Å²) in [6.45, 7) is 3.48. The first-order chi connectivity index (χ1) is 9.49. The summed E-state index contributed by atoms with van der Waals surface area (Å²) in [6.07, 6.45) is 1.61. The average molecular weight is 271 g/mol. The number of hydrogen-bond acceptors (Lipinski definition) is 4. The summed E-state index contributed by atoms with van der Waals surface area (Å²) in [5.41, 5.74) is 1.25. The van der Waals surface area contributed by atoms with E-state index in [2.05, 4.69) is 10.3 Å². The van der Waals surface area contributed by atoms with Crippen molar-refractivity contribution in [3.8, 4) is 0 Å². The second-order valence-electron chi connectivity index (χ2n) is 4.40. The molecule has 6 heteroatoms. The van der Waals surface area contributed by atoms with Crippen molar-refractivity contribution >= 4 is 17.4 Å². The highest BCUT2D eigenvalue weighted by Crippen LogP contribution is 2.23. The van der Waals surface area contributed by atoms with Gasteiger partial charge >= 0.3 is 0 Å². The van der Waals surface area contributed by atoms with Crippen molar-refractivity contribution < 1.29 is 9.72 Å². The van der Waals surface area contributed by atoms with Crippen molar-refractivity contribution in [3.63, 3.8) is 0 Å². The number of nitrogens with one attached hydrogen (secondary N) is 1. The zero-order valence-corrected chi connectivity index (χ0v) is 11.1. The van der Waals surface area contributed by atoms with Gasteiger partial charge in [-0.1, -0.05) is 18.2 Å². The van der Waals surface area contributed by atoms with Crippen LogP contribution in [0.2, 0.25) is 0 Å². The number of hydrogen-bond donors (Lipinski definition) is 1. The van der Waals surface area contributed by atoms with Crippen LogP contribution in [0, 0.1) is 24.0 Å². The van der Waals surface area contributed by atoms with Gasteiger partial charge in [0.1, 0.15) is 11.4 Å². The van der Waals surface area contributed by atoms with Crippen molar-refractivity contribution in [2.45, 2.75) is 13.8 Å². The predicted molar refractivity (Wildman–Crippen MR) is 74.8 cm³/mol. The largest absolute Gasteiger partial charge is 0.306 e. The second-order valence-corrected chi connectivity index (χ2v) is 4.40. The molecule has 1 aromatic heterocycles. The quantitative estimate of drug-likeness (QED) is 0.687. The zero-order chi connectivity index (χ0) is 14.7. The molecule has 0 aliphatic heterocycles. The minimum Gasteiger partial charge on any atom is -0.306 e. The number of para-hydroxylation sites is 1. The van der Waals surface area contributed by atoms with Gasteiger partial charge in [-0.05, 0) is 31.5 Å². The van der Waals surface area contributed by atoms with Gasteiger partial charge < -0.3 is 5.32 Å². The lowest BCUT2D eigenvalue weighted by atomic mass is 10.1. The fourth-order valence-corrected chi connectivity index (χ4v) is 1.81. The topological polar surface area (TPSA) is 85.1 Å². The highest BCUT2D eigenvalue weighted by atomic mass is 16.6. The van der Waals surface area contributed by atoms with Gasteiger partial charge in [0.25, 0.3) is 11.6 Å². The van der Waals surface area contributed by atoms with E-state index in [9.17, 15) is 14.9 Å². The monoisotopic (exact) mass is 271 g/mol. The number of nitro groups is 1. The highest BCUT2D eigenvalue weighted by Gasteiger charge is 2.22. The summed E-state index contributed by atoms with van der Waals surface area (Å²) in [6, 6.07) is 8.08. The molecule has 0 spiro atoms. The van der Waals surface area contributed by atoms with Crippen LogP contribution >= 0.6 is 0 Å². The summed E-state index contributed by atoms with van der Waals surface area (Å²) in [5, 5.41) is 13.6. The number of nitro benzene ring substituents is 1. The second kappa shape index (κ2) is 5.48. The van der Waals surface area contributed by atoms with Crippen LogP contribution in [-0.2, 0) is 0 Å². The lowest BCUT2D eigenvalue weighted by Crippen LogP contribution is -2.15. The highest BCUT2D eigenvalue weighted by molar-refractivity contribution is 6.06. The van der Waals surface area contributed by atoms with Crippen LogP contribution in [0.25, 0.3) is 0 Å². The molecular weight excluding hydrogens is 258 g/mol. The van der Waals surface area contributed by atoms with E-state index in [0.29, 0.717) is 11.4 Å². The number of anilines is 1. The summed E-state index contributed by atoms with van der Waals surface area (Å²) < 4.78 is 0. The predicted octanol–water partition coefficient (Wildman–Crippen LogP) is 2.86. The van der Waals surface area contributed by atoms with Crippen LogP contribution < -0.4 is 5.32 Å². The third kappa shape index (κ3) is 2.80. The molecule has 1 heterocycles. The third-order valence-corrected chi connectivity index (χ3v) is 2.82. The number of benzene rings is 1. The molecule has 6 nitrogen and oxygen atoms in total. The van der Waals surface area contributed by atoms with Crippen molar-refractivity contribution in [1.82, 2.24) is 4.98 Å². The number of carbonyl (C=O) groups excluding carboxylic acids is 1. The van der Waals surface area contributed by atoms with Gasteiger partial charge in [0.05, 0.1) is 4.92 Å². The number of nitrogens with zero attached hydrogens (tertiary/aromatic N) is 2. The van der Waals surface area contributed by atoms with E-state index in [4.69, 9.17) is 0 Å². The Morgan fingerprint density at radius 2 is 2.00 bits per heavy atom. The van der Waals surface area contributed by atoms with E-state index < -0.39 is 10.8 Å². The van der Waals surface area contributed by atoms with Crippen LogP contribution in [0.1, 0.15) is 21.5 Å². The Balaban J connectivity index is 2.32. The van der Waals surface area contributed by atoms with Gasteiger partial charge in [-0.25, -0.2) is 4.98 Å². The summed E-state index contributed by atoms with van der Waals surface area (Å²) in [7, 11) is 0. The molecule has 0 aliphatic carbocycles. The van der Waals surface area contributed by atoms with E-state index in [1.807, 2.05) is 6.92 Å². The van der Waals surface area contributed by atoms with E-state index in [1.54, 1.807) is 37.4 Å². The molecule has 1 aromatic carbocycles. The van der Waals surface area contributed by atoms with Crippen LogP contribution in [0.3, 0.4) is 0 Å². The third-order valence-electron chi connectivity index (χ3n) is 2.82. The summed E-state index contributed by atoms with van der Waals surface area (Å²) in [5.74, 6) is -0.187. The number of aryl methyl sites for hydroxylation is 2. The Hall–Kier alpha value is -2.76. The molecule has 1 N–H and O–H groups in total. The number of pyridine rings is 1.